The van der Waals surface area contributed by atoms with Gasteiger partial charge in [0.25, 0.3) is 0 Å². The Morgan fingerprint density at radius 1 is 1.73 bits per heavy atom. The maximum atomic E-state index is 10.9. The van der Waals surface area contributed by atoms with Gasteiger partial charge in [-0.25, -0.2) is 4.79 Å². The normalized spacial score (nSPS) is 29.5. The first-order valence-electron chi connectivity index (χ1n) is 3.52. The van der Waals surface area contributed by atoms with Crippen LogP contribution in [0.25, 0.3) is 0 Å². The quantitative estimate of drug-likeness (QED) is 0.416. The highest BCUT2D eigenvalue weighted by Crippen LogP contribution is 2.16. The number of ether oxygens (including phenoxy) is 2. The van der Waals surface area contributed by atoms with E-state index in [9.17, 15) is 9.59 Å². The number of esters is 1. The van der Waals surface area contributed by atoms with Crippen LogP contribution in [-0.2, 0) is 19.1 Å². The number of rotatable bonds is 2. The maximum absolute atomic E-state index is 10.9. The average Bonchev–Trinajstić information content (AvgIpc) is 1.99. The van der Waals surface area contributed by atoms with E-state index in [1.165, 1.54) is 0 Å². The first-order valence-corrected chi connectivity index (χ1v) is 3.52. The van der Waals surface area contributed by atoms with E-state index in [1.807, 2.05) is 0 Å². The van der Waals surface area contributed by atoms with Gasteiger partial charge >= 0.3 is 5.97 Å². The zero-order chi connectivity index (χ0) is 8.43. The van der Waals surface area contributed by atoms with Crippen molar-refractivity contribution in [2.45, 2.75) is 26.1 Å². The molecule has 0 radical (unpaired) electrons. The fourth-order valence-corrected chi connectivity index (χ4v) is 0.869. The van der Waals surface area contributed by atoms with Crippen molar-refractivity contribution in [1.82, 2.24) is 0 Å². The summed E-state index contributed by atoms with van der Waals surface area (Å²) in [7, 11) is 0. The minimum atomic E-state index is -0.954. The molecule has 62 valence electrons. The van der Waals surface area contributed by atoms with E-state index in [0.29, 0.717) is 0 Å². The summed E-state index contributed by atoms with van der Waals surface area (Å²) in [5.41, 5.74) is 0. The average molecular weight is 158 g/mol. The molecule has 0 aliphatic carbocycles. The number of carbonyl (C=O) groups is 2. The van der Waals surface area contributed by atoms with Gasteiger partial charge in [-0.3, -0.25) is 4.79 Å². The lowest BCUT2D eigenvalue weighted by Gasteiger charge is -2.29. The highest BCUT2D eigenvalue weighted by molar-refractivity contribution is 6.07. The molecule has 0 saturated carbocycles. The maximum Gasteiger partial charge on any atom is 0.343 e. The van der Waals surface area contributed by atoms with E-state index in [0.717, 1.165) is 0 Å². The molecule has 0 N–H and O–H groups in total. The minimum absolute atomic E-state index is 0.191. The van der Waals surface area contributed by atoms with Crippen molar-refractivity contribution < 1.29 is 19.1 Å². The number of carbonyl (C=O) groups excluding carboxylic acids is 2. The highest BCUT2D eigenvalue weighted by atomic mass is 16.6. The van der Waals surface area contributed by atoms with Crippen LogP contribution in [0.3, 0.4) is 0 Å². The van der Waals surface area contributed by atoms with Crippen LogP contribution >= 0.6 is 0 Å². The number of ketones is 1. The Kier molecular flexibility index (Phi) is 2.24. The van der Waals surface area contributed by atoms with Gasteiger partial charge in [-0.1, -0.05) is 0 Å². The second-order valence-electron chi connectivity index (χ2n) is 2.31. The Hall–Kier alpha value is -0.900. The molecule has 0 spiro atoms. The fourth-order valence-electron chi connectivity index (χ4n) is 0.869. The van der Waals surface area contributed by atoms with Gasteiger partial charge in [-0.2, -0.15) is 0 Å². The third kappa shape index (κ3) is 1.40. The molecule has 0 aromatic heterocycles. The third-order valence-corrected chi connectivity index (χ3v) is 1.50. The van der Waals surface area contributed by atoms with Crippen LogP contribution in [0.4, 0.5) is 0 Å². The van der Waals surface area contributed by atoms with Crippen LogP contribution in [-0.4, -0.2) is 30.6 Å². The first kappa shape index (κ1) is 8.20. The van der Waals surface area contributed by atoms with Crippen molar-refractivity contribution in [3.8, 4) is 0 Å². The van der Waals surface area contributed by atoms with Gasteiger partial charge < -0.3 is 9.47 Å². The van der Waals surface area contributed by atoms with Crippen LogP contribution < -0.4 is 0 Å². The summed E-state index contributed by atoms with van der Waals surface area (Å²) in [5, 5.41) is 0. The van der Waals surface area contributed by atoms with Crippen molar-refractivity contribution >= 4 is 11.8 Å². The van der Waals surface area contributed by atoms with E-state index >= 15 is 0 Å². The summed E-state index contributed by atoms with van der Waals surface area (Å²) in [6, 6.07) is 0. The summed E-state index contributed by atoms with van der Waals surface area (Å²) < 4.78 is 9.42. The van der Waals surface area contributed by atoms with Crippen LogP contribution in [0.15, 0.2) is 0 Å². The molecule has 0 aromatic carbocycles. The predicted molar refractivity (Wildman–Crippen MR) is 36.0 cm³/mol. The summed E-state index contributed by atoms with van der Waals surface area (Å²) in [5.74, 6) is -0.765. The molecule has 11 heavy (non-hydrogen) atoms. The molecule has 2 atom stereocenters. The zero-order valence-electron chi connectivity index (χ0n) is 6.49. The molecule has 0 amide bonds. The molecule has 0 bridgehead atoms. The lowest BCUT2D eigenvalue weighted by Crippen LogP contribution is -2.53. The third-order valence-electron chi connectivity index (χ3n) is 1.50. The number of hydrogen-bond acceptors (Lipinski definition) is 4. The van der Waals surface area contributed by atoms with Gasteiger partial charge in [-0.15, -0.1) is 0 Å². The molecular formula is C7H10O4. The molecule has 1 fully saturated rings. The van der Waals surface area contributed by atoms with Crippen molar-refractivity contribution in [3.63, 3.8) is 0 Å². The smallest absolute Gasteiger partial charge is 0.343 e. The summed E-state index contributed by atoms with van der Waals surface area (Å²) in [4.78, 5) is 21.7. The van der Waals surface area contributed by atoms with Gasteiger partial charge in [0.2, 0.25) is 11.9 Å². The van der Waals surface area contributed by atoms with Crippen molar-refractivity contribution in [3.05, 3.63) is 0 Å². The molecule has 1 unspecified atom stereocenters. The lowest BCUT2D eigenvalue weighted by atomic mass is 10.1. The van der Waals surface area contributed by atoms with Gasteiger partial charge in [0.15, 0.2) is 0 Å². The predicted octanol–water partition coefficient (Wildman–Crippen LogP) is -0.0941. The van der Waals surface area contributed by atoms with Crippen molar-refractivity contribution in [2.75, 3.05) is 6.61 Å². The van der Waals surface area contributed by atoms with Gasteiger partial charge in [-0.05, 0) is 13.8 Å². The van der Waals surface area contributed by atoms with E-state index in [-0.39, 0.29) is 12.4 Å². The molecule has 4 nitrogen and oxygen atoms in total. The van der Waals surface area contributed by atoms with E-state index in [4.69, 9.17) is 4.74 Å². The number of Topliss-reactive ketones (excluding diaryl/α,β-unsaturated/α-hetero) is 1. The van der Waals surface area contributed by atoms with Crippen LogP contribution in [0.1, 0.15) is 13.8 Å². The molecule has 1 aliphatic rings. The standard InChI is InChI=1S/C7H10O4/c1-3-10-7(9)6-5(8)4(2)11-6/h4,6H,3H2,1-2H3/t4-,6?/m1/s1. The second kappa shape index (κ2) is 3.00. The SMILES string of the molecule is CCOC(=O)C1O[C@H](C)C1=O. The molecule has 0 aromatic rings. The Bertz CT molecular complexity index is 187. The topological polar surface area (TPSA) is 52.6 Å². The summed E-state index contributed by atoms with van der Waals surface area (Å²) in [6.07, 6.45) is -1.39. The second-order valence-corrected chi connectivity index (χ2v) is 2.31. The first-order chi connectivity index (χ1) is 5.16. The van der Waals surface area contributed by atoms with Gasteiger partial charge in [0.1, 0.15) is 6.10 Å². The molecular weight excluding hydrogens is 148 g/mol. The minimum Gasteiger partial charge on any atom is -0.464 e. The Morgan fingerprint density at radius 3 is 2.73 bits per heavy atom. The highest BCUT2D eigenvalue weighted by Gasteiger charge is 2.43. The number of hydrogen-bond donors (Lipinski definition) is 0. The molecule has 1 saturated heterocycles. The van der Waals surface area contributed by atoms with E-state index in [2.05, 4.69) is 4.74 Å². The summed E-state index contributed by atoms with van der Waals surface area (Å²) >= 11 is 0. The van der Waals surface area contributed by atoms with Crippen molar-refractivity contribution in [2.24, 2.45) is 0 Å². The Labute approximate surface area is 64.5 Å². The zero-order valence-corrected chi connectivity index (χ0v) is 6.49. The molecule has 1 heterocycles. The molecule has 4 heteroatoms. The largest absolute Gasteiger partial charge is 0.464 e. The lowest BCUT2D eigenvalue weighted by molar-refractivity contribution is -0.187. The van der Waals surface area contributed by atoms with E-state index < -0.39 is 18.2 Å². The Balaban J connectivity index is 2.39. The summed E-state index contributed by atoms with van der Waals surface area (Å²) in [6.45, 7) is 3.57. The van der Waals surface area contributed by atoms with E-state index in [1.54, 1.807) is 13.8 Å². The van der Waals surface area contributed by atoms with Crippen LogP contribution in [0.5, 0.6) is 0 Å². The van der Waals surface area contributed by atoms with Crippen LogP contribution in [0, 0.1) is 0 Å². The van der Waals surface area contributed by atoms with Crippen molar-refractivity contribution in [1.29, 1.82) is 0 Å². The van der Waals surface area contributed by atoms with Gasteiger partial charge in [0.05, 0.1) is 6.61 Å². The monoisotopic (exact) mass is 158 g/mol. The molecule has 1 rings (SSSR count). The van der Waals surface area contributed by atoms with Gasteiger partial charge in [0, 0.05) is 0 Å². The fraction of sp³-hybridized carbons (Fsp3) is 0.714. The molecule has 1 aliphatic heterocycles. The van der Waals surface area contributed by atoms with Crippen LogP contribution in [0.2, 0.25) is 0 Å². The Morgan fingerprint density at radius 2 is 2.36 bits per heavy atom.